The number of rotatable bonds is 7. The Morgan fingerprint density at radius 2 is 1.77 bits per heavy atom. The van der Waals surface area contributed by atoms with Crippen molar-refractivity contribution in [1.29, 1.82) is 0 Å². The third-order valence-electron chi connectivity index (χ3n) is 4.47. The summed E-state index contributed by atoms with van der Waals surface area (Å²) in [4.78, 5) is 28.3. The molecule has 0 aliphatic rings. The van der Waals surface area contributed by atoms with Gasteiger partial charge in [0, 0.05) is 17.2 Å². The third-order valence-corrected chi connectivity index (χ3v) is 4.76. The zero-order valence-electron chi connectivity index (χ0n) is 16.8. The largest absolute Gasteiger partial charge is 0.508 e. The van der Waals surface area contributed by atoms with E-state index < -0.39 is 23.7 Å². The van der Waals surface area contributed by atoms with Crippen LogP contribution in [0.4, 0.5) is 0 Å². The van der Waals surface area contributed by atoms with E-state index in [-0.39, 0.29) is 34.5 Å². The van der Waals surface area contributed by atoms with E-state index in [0.29, 0.717) is 16.7 Å². The summed E-state index contributed by atoms with van der Waals surface area (Å²) >= 11 is 6.23. The molecule has 3 aromatic rings. The topological polar surface area (TPSA) is 129 Å². The molecule has 1 heterocycles. The highest BCUT2D eigenvalue weighted by molar-refractivity contribution is 6.35. The lowest BCUT2D eigenvalue weighted by molar-refractivity contribution is -0.139. The van der Waals surface area contributed by atoms with Crippen LogP contribution in [0.5, 0.6) is 17.2 Å². The molecule has 0 bridgehead atoms. The lowest BCUT2D eigenvalue weighted by Crippen LogP contribution is -2.42. The van der Waals surface area contributed by atoms with Gasteiger partial charge in [-0.15, -0.1) is 0 Å². The summed E-state index contributed by atoms with van der Waals surface area (Å²) in [6, 6.07) is 9.45. The van der Waals surface area contributed by atoms with Gasteiger partial charge in [-0.3, -0.25) is 4.79 Å². The molecule has 2 aromatic carbocycles. The molecule has 4 N–H and O–H groups in total. The molecule has 0 aliphatic carbocycles. The molecule has 0 radical (unpaired) electrons. The molecule has 8 nitrogen and oxygen atoms in total. The van der Waals surface area contributed by atoms with Gasteiger partial charge in [0.25, 0.3) is 5.91 Å². The molecule has 0 unspecified atom stereocenters. The number of fused-ring (bicyclic) bond motifs is 1. The van der Waals surface area contributed by atoms with Gasteiger partial charge >= 0.3 is 5.97 Å². The second-order valence-electron chi connectivity index (χ2n) is 7.21. The number of carboxylic acid groups (broad SMARTS) is 1. The van der Waals surface area contributed by atoms with Crippen LogP contribution in [0.2, 0.25) is 5.15 Å². The zero-order valence-corrected chi connectivity index (χ0v) is 17.6. The number of carbonyl (C=O) groups is 2. The lowest BCUT2D eigenvalue weighted by Gasteiger charge is -2.16. The Morgan fingerprint density at radius 1 is 1.10 bits per heavy atom. The molecule has 31 heavy (non-hydrogen) atoms. The maximum Gasteiger partial charge on any atom is 0.326 e. The van der Waals surface area contributed by atoms with Crippen molar-refractivity contribution in [2.24, 2.45) is 0 Å². The number of phenols is 1. The van der Waals surface area contributed by atoms with Crippen molar-refractivity contribution in [2.75, 3.05) is 0 Å². The molecule has 9 heteroatoms. The Labute approximate surface area is 183 Å². The van der Waals surface area contributed by atoms with Crippen molar-refractivity contribution >= 4 is 34.2 Å². The molecule has 3 rings (SSSR count). The van der Waals surface area contributed by atoms with Crippen molar-refractivity contribution in [3.63, 3.8) is 0 Å². The average Bonchev–Trinajstić information content (AvgIpc) is 2.71. The zero-order chi connectivity index (χ0) is 22.7. The molecule has 0 fully saturated rings. The molecule has 1 aromatic heterocycles. The number of hydrogen-bond donors (Lipinski definition) is 4. The van der Waals surface area contributed by atoms with Gasteiger partial charge in [-0.1, -0.05) is 23.7 Å². The first kappa shape index (κ1) is 22.2. The van der Waals surface area contributed by atoms with Gasteiger partial charge in [0.1, 0.15) is 22.7 Å². The van der Waals surface area contributed by atoms with Crippen molar-refractivity contribution in [3.8, 4) is 17.2 Å². The van der Waals surface area contributed by atoms with Crippen LogP contribution in [0.3, 0.4) is 0 Å². The minimum Gasteiger partial charge on any atom is -0.508 e. The summed E-state index contributed by atoms with van der Waals surface area (Å²) in [7, 11) is 0. The van der Waals surface area contributed by atoms with Crippen LogP contribution in [0, 0.1) is 0 Å². The maximum atomic E-state index is 12.7. The number of carboxylic acids is 1. The Hall–Kier alpha value is -3.52. The number of ether oxygens (including phenoxy) is 1. The van der Waals surface area contributed by atoms with E-state index in [9.17, 15) is 24.9 Å². The predicted molar refractivity (Wildman–Crippen MR) is 115 cm³/mol. The first-order chi connectivity index (χ1) is 14.7. The number of benzene rings is 2. The first-order valence-corrected chi connectivity index (χ1v) is 9.84. The van der Waals surface area contributed by atoms with Gasteiger partial charge in [-0.05, 0) is 49.7 Å². The number of carbonyl (C=O) groups excluding carboxylic acids is 1. The van der Waals surface area contributed by atoms with E-state index in [1.807, 2.05) is 13.8 Å². The summed E-state index contributed by atoms with van der Waals surface area (Å²) in [6.45, 7) is 3.73. The van der Waals surface area contributed by atoms with Crippen LogP contribution in [0.15, 0.2) is 42.5 Å². The Bertz CT molecular complexity index is 1130. The molecular weight excluding hydrogens is 424 g/mol. The summed E-state index contributed by atoms with van der Waals surface area (Å²) < 4.78 is 5.61. The van der Waals surface area contributed by atoms with Crippen LogP contribution in [0.25, 0.3) is 10.8 Å². The highest BCUT2D eigenvalue weighted by Crippen LogP contribution is 2.34. The number of amides is 1. The number of nitrogens with zero attached hydrogens (tertiary/aromatic N) is 1. The van der Waals surface area contributed by atoms with Crippen molar-refractivity contribution < 1.29 is 29.6 Å². The SMILES string of the molecule is CC(C)Oc1ccc2c(O)c(C(=O)N[C@@H](Cc3ccc(O)cc3)C(=O)O)nc(Cl)c2c1. The normalized spacial score (nSPS) is 12.0. The number of phenolic OH excluding ortho intramolecular Hbond substituents is 1. The lowest BCUT2D eigenvalue weighted by atomic mass is 10.1. The summed E-state index contributed by atoms with van der Waals surface area (Å²) in [6.07, 6.45) is -0.0938. The average molecular weight is 445 g/mol. The summed E-state index contributed by atoms with van der Waals surface area (Å²) in [5, 5.41) is 32.5. The van der Waals surface area contributed by atoms with Gasteiger partial charge in [0.15, 0.2) is 11.4 Å². The van der Waals surface area contributed by atoms with Crippen molar-refractivity contribution in [1.82, 2.24) is 10.3 Å². The van der Waals surface area contributed by atoms with Gasteiger partial charge in [0.2, 0.25) is 0 Å². The van der Waals surface area contributed by atoms with E-state index in [2.05, 4.69) is 10.3 Å². The number of aromatic hydroxyl groups is 2. The van der Waals surface area contributed by atoms with E-state index in [0.717, 1.165) is 0 Å². The smallest absolute Gasteiger partial charge is 0.326 e. The number of aromatic nitrogens is 1. The third kappa shape index (κ3) is 5.16. The monoisotopic (exact) mass is 444 g/mol. The molecule has 1 atom stereocenters. The second-order valence-corrected chi connectivity index (χ2v) is 7.57. The molecular formula is C22H21ClN2O6. The van der Waals surface area contributed by atoms with Crippen LogP contribution in [0.1, 0.15) is 29.9 Å². The van der Waals surface area contributed by atoms with E-state index in [1.54, 1.807) is 30.3 Å². The summed E-state index contributed by atoms with van der Waals surface area (Å²) in [5.74, 6) is -1.98. The Kier molecular flexibility index (Phi) is 6.50. The first-order valence-electron chi connectivity index (χ1n) is 9.46. The fourth-order valence-corrected chi connectivity index (χ4v) is 3.28. The molecule has 0 saturated heterocycles. The number of aliphatic carboxylic acids is 1. The van der Waals surface area contributed by atoms with Crippen LogP contribution in [-0.4, -0.2) is 44.3 Å². The highest BCUT2D eigenvalue weighted by atomic mass is 35.5. The number of pyridine rings is 1. The Morgan fingerprint density at radius 3 is 2.39 bits per heavy atom. The van der Waals surface area contributed by atoms with Crippen LogP contribution >= 0.6 is 11.6 Å². The fourth-order valence-electron chi connectivity index (χ4n) is 3.04. The molecule has 0 aliphatic heterocycles. The van der Waals surface area contributed by atoms with Crippen LogP contribution < -0.4 is 10.1 Å². The maximum absolute atomic E-state index is 12.7. The molecule has 162 valence electrons. The van der Waals surface area contributed by atoms with Gasteiger partial charge < -0.3 is 25.4 Å². The summed E-state index contributed by atoms with van der Waals surface area (Å²) in [5.41, 5.74) is 0.212. The highest BCUT2D eigenvalue weighted by Gasteiger charge is 2.25. The second kappa shape index (κ2) is 9.09. The van der Waals surface area contributed by atoms with Gasteiger partial charge in [-0.2, -0.15) is 0 Å². The van der Waals surface area contributed by atoms with Crippen LogP contribution in [-0.2, 0) is 11.2 Å². The van der Waals surface area contributed by atoms with Crippen molar-refractivity contribution in [2.45, 2.75) is 32.4 Å². The minimum atomic E-state index is -1.28. The van der Waals surface area contributed by atoms with Crippen molar-refractivity contribution in [3.05, 3.63) is 58.9 Å². The molecule has 0 saturated carbocycles. The quantitative estimate of drug-likeness (QED) is 0.410. The van der Waals surface area contributed by atoms with Gasteiger partial charge in [0.05, 0.1) is 6.10 Å². The minimum absolute atomic E-state index is 0.0284. The standard InChI is InChI=1S/C22H21ClN2O6/c1-11(2)31-14-7-8-15-16(10-14)20(23)25-18(19(15)27)21(28)24-17(22(29)30)9-12-3-5-13(26)6-4-12/h3-8,10-11,17,26-27H,9H2,1-2H3,(H,24,28)(H,29,30)/t17-/m0/s1. The fraction of sp³-hybridized carbons (Fsp3) is 0.227. The molecule has 1 amide bonds. The van der Waals surface area contributed by atoms with E-state index in [1.165, 1.54) is 12.1 Å². The number of halogens is 1. The predicted octanol–water partition coefficient (Wildman–Crippen LogP) is 3.51. The van der Waals surface area contributed by atoms with Gasteiger partial charge in [-0.25, -0.2) is 9.78 Å². The van der Waals surface area contributed by atoms with E-state index in [4.69, 9.17) is 16.3 Å². The molecule has 0 spiro atoms. The number of hydrogen-bond acceptors (Lipinski definition) is 6. The van der Waals surface area contributed by atoms with E-state index >= 15 is 0 Å². The number of nitrogens with one attached hydrogen (secondary N) is 1. The Balaban J connectivity index is 1.88.